The van der Waals surface area contributed by atoms with Crippen LogP contribution in [0.15, 0.2) is 66.7 Å². The van der Waals surface area contributed by atoms with Crippen molar-refractivity contribution < 1.29 is 32.2 Å². The van der Waals surface area contributed by atoms with Gasteiger partial charge in [-0.05, 0) is 60.6 Å². The second kappa shape index (κ2) is 13.1. The van der Waals surface area contributed by atoms with Gasteiger partial charge in [-0.25, -0.2) is 13.6 Å². The second-order valence-corrected chi connectivity index (χ2v) is 10.2. The second-order valence-electron chi connectivity index (χ2n) is 10.2. The number of rotatable bonds is 11. The smallest absolute Gasteiger partial charge is 0.410 e. The van der Waals surface area contributed by atoms with E-state index in [0.29, 0.717) is 32.5 Å². The molecule has 0 bridgehead atoms. The van der Waals surface area contributed by atoms with E-state index in [9.17, 15) is 18.0 Å². The van der Waals surface area contributed by atoms with Crippen molar-refractivity contribution in [3.8, 4) is 11.5 Å². The molecular weight excluding hydrogens is 533 g/mol. The monoisotopic (exact) mass is 566 g/mol. The summed E-state index contributed by atoms with van der Waals surface area (Å²) in [5.41, 5.74) is 3.84. The van der Waals surface area contributed by atoms with Crippen LogP contribution in [0.4, 0.5) is 18.0 Å². The maximum absolute atomic E-state index is 13.8. The Morgan fingerprint density at radius 1 is 1.00 bits per heavy atom. The summed E-state index contributed by atoms with van der Waals surface area (Å²) in [5.74, 6) is -3.35. The molecule has 0 spiro atoms. The van der Waals surface area contributed by atoms with Crippen molar-refractivity contribution >= 4 is 11.7 Å². The van der Waals surface area contributed by atoms with E-state index >= 15 is 0 Å². The topological polar surface area (TPSA) is 60.0 Å². The zero-order valence-corrected chi connectivity index (χ0v) is 22.9. The first-order valence-electron chi connectivity index (χ1n) is 13.8. The number of carbonyl (C=O) groups is 1. The Bertz CT molecular complexity index is 1390. The van der Waals surface area contributed by atoms with Crippen LogP contribution < -0.4 is 14.8 Å². The lowest BCUT2D eigenvalue weighted by Gasteiger charge is -2.29. The molecule has 1 aliphatic heterocycles. The average Bonchev–Trinajstić information content (AvgIpc) is 3.84. The third-order valence-corrected chi connectivity index (χ3v) is 7.29. The van der Waals surface area contributed by atoms with Crippen molar-refractivity contribution in [2.75, 3.05) is 26.8 Å². The number of hydrogen-bond donors (Lipinski definition) is 1. The molecule has 1 saturated carbocycles. The standard InChI is InChI=1S/C32H33F3N2O4/c1-39-28-7-3-2-6-23(28)20-37(24-12-13-24)32(38)41-29-19-36-17-16-25(29)22-10-8-21(9-11-22)5-4-18-40-31-27(34)15-14-26(33)30(31)35/h2-3,6-11,14-16,24,29,36H,4-5,12-13,17-20H2,1H3. The van der Waals surface area contributed by atoms with Crippen LogP contribution in [0.2, 0.25) is 0 Å². The number of aryl methyl sites for hydroxylation is 1. The van der Waals surface area contributed by atoms with Gasteiger partial charge in [0.1, 0.15) is 11.9 Å². The van der Waals surface area contributed by atoms with Gasteiger partial charge in [0.25, 0.3) is 0 Å². The van der Waals surface area contributed by atoms with Gasteiger partial charge in [-0.1, -0.05) is 48.5 Å². The largest absolute Gasteiger partial charge is 0.496 e. The summed E-state index contributed by atoms with van der Waals surface area (Å²) >= 11 is 0. The molecular formula is C32H33F3N2O4. The summed E-state index contributed by atoms with van der Waals surface area (Å²) in [7, 11) is 1.62. The molecule has 2 aliphatic rings. The summed E-state index contributed by atoms with van der Waals surface area (Å²) in [6.07, 6.45) is 4.25. The molecule has 1 aliphatic carbocycles. The van der Waals surface area contributed by atoms with Gasteiger partial charge in [-0.15, -0.1) is 0 Å². The van der Waals surface area contributed by atoms with Gasteiger partial charge in [0, 0.05) is 24.7 Å². The Hall–Kier alpha value is -3.98. The number of nitrogens with zero attached hydrogens (tertiary/aromatic N) is 1. The minimum Gasteiger partial charge on any atom is -0.496 e. The van der Waals surface area contributed by atoms with Crippen LogP contribution in [0.3, 0.4) is 0 Å². The number of carbonyl (C=O) groups excluding carboxylic acids is 1. The highest BCUT2D eigenvalue weighted by Crippen LogP contribution is 2.32. The summed E-state index contributed by atoms with van der Waals surface area (Å²) in [5, 5.41) is 3.28. The summed E-state index contributed by atoms with van der Waals surface area (Å²) in [6.45, 7) is 1.64. The Morgan fingerprint density at radius 3 is 2.51 bits per heavy atom. The highest BCUT2D eigenvalue weighted by Gasteiger charge is 2.36. The molecule has 1 amide bonds. The van der Waals surface area contributed by atoms with E-state index in [-0.39, 0.29) is 18.7 Å². The number of methoxy groups -OCH3 is 1. The fourth-order valence-corrected chi connectivity index (χ4v) is 4.94. The third-order valence-electron chi connectivity index (χ3n) is 7.29. The van der Waals surface area contributed by atoms with E-state index in [1.807, 2.05) is 54.6 Å². The van der Waals surface area contributed by atoms with Gasteiger partial charge >= 0.3 is 6.09 Å². The Balaban J connectivity index is 1.18. The van der Waals surface area contributed by atoms with E-state index in [2.05, 4.69) is 5.32 Å². The molecule has 9 heteroatoms. The molecule has 0 radical (unpaired) electrons. The predicted molar refractivity (Wildman–Crippen MR) is 149 cm³/mol. The summed E-state index contributed by atoms with van der Waals surface area (Å²) in [6, 6.07) is 17.3. The molecule has 5 rings (SSSR count). The van der Waals surface area contributed by atoms with E-state index in [0.717, 1.165) is 53.0 Å². The van der Waals surface area contributed by atoms with Crippen molar-refractivity contribution in [1.82, 2.24) is 10.2 Å². The Labute approximate surface area is 237 Å². The molecule has 41 heavy (non-hydrogen) atoms. The number of para-hydroxylation sites is 1. The van der Waals surface area contributed by atoms with Crippen molar-refractivity contribution in [2.24, 2.45) is 0 Å². The fourth-order valence-electron chi connectivity index (χ4n) is 4.94. The maximum Gasteiger partial charge on any atom is 0.410 e. The van der Waals surface area contributed by atoms with E-state index in [1.165, 1.54) is 0 Å². The van der Waals surface area contributed by atoms with E-state index in [1.54, 1.807) is 12.0 Å². The molecule has 216 valence electrons. The molecule has 1 heterocycles. The number of halogens is 3. The summed E-state index contributed by atoms with van der Waals surface area (Å²) < 4.78 is 57.6. The molecule has 1 unspecified atom stereocenters. The van der Waals surface area contributed by atoms with Gasteiger partial charge in [0.15, 0.2) is 17.4 Å². The van der Waals surface area contributed by atoms with Crippen LogP contribution in [-0.2, 0) is 17.7 Å². The zero-order valence-electron chi connectivity index (χ0n) is 22.9. The van der Waals surface area contributed by atoms with Gasteiger partial charge in [-0.2, -0.15) is 4.39 Å². The average molecular weight is 567 g/mol. The van der Waals surface area contributed by atoms with Crippen LogP contribution in [0.5, 0.6) is 11.5 Å². The van der Waals surface area contributed by atoms with Crippen LogP contribution >= 0.6 is 0 Å². The van der Waals surface area contributed by atoms with Crippen LogP contribution in [0, 0.1) is 17.5 Å². The molecule has 3 aromatic carbocycles. The van der Waals surface area contributed by atoms with Crippen molar-refractivity contribution in [3.63, 3.8) is 0 Å². The summed E-state index contributed by atoms with van der Waals surface area (Å²) in [4.78, 5) is 15.2. The molecule has 1 atom stereocenters. The van der Waals surface area contributed by atoms with Crippen molar-refractivity contribution in [2.45, 2.75) is 44.4 Å². The minimum atomic E-state index is -1.32. The molecule has 0 aromatic heterocycles. The lowest BCUT2D eigenvalue weighted by atomic mass is 9.96. The van der Waals surface area contributed by atoms with E-state index in [4.69, 9.17) is 14.2 Å². The fraction of sp³-hybridized carbons (Fsp3) is 0.344. The first-order chi connectivity index (χ1) is 19.9. The van der Waals surface area contributed by atoms with Gasteiger partial charge < -0.3 is 24.4 Å². The molecule has 1 fully saturated rings. The lowest BCUT2D eigenvalue weighted by Crippen LogP contribution is -2.41. The Morgan fingerprint density at radius 2 is 1.76 bits per heavy atom. The quantitative estimate of drug-likeness (QED) is 0.219. The molecule has 3 aromatic rings. The zero-order chi connectivity index (χ0) is 28.8. The van der Waals surface area contributed by atoms with Crippen LogP contribution in [0.25, 0.3) is 5.57 Å². The highest BCUT2D eigenvalue weighted by molar-refractivity contribution is 5.75. The SMILES string of the molecule is COc1ccccc1CN(C(=O)OC1CNCC=C1c1ccc(CCCOc2c(F)ccc(F)c2F)cc1)C1CC1. The Kier molecular flexibility index (Phi) is 9.14. The lowest BCUT2D eigenvalue weighted by molar-refractivity contribution is 0.0771. The third kappa shape index (κ3) is 7.03. The van der Waals surface area contributed by atoms with Gasteiger partial charge in [-0.3, -0.25) is 0 Å². The molecule has 6 nitrogen and oxygen atoms in total. The first-order valence-corrected chi connectivity index (χ1v) is 13.8. The van der Waals surface area contributed by atoms with Crippen molar-refractivity contribution in [3.05, 3.63) is 101 Å². The number of ether oxygens (including phenoxy) is 3. The predicted octanol–water partition coefficient (Wildman–Crippen LogP) is 6.28. The number of nitrogens with one attached hydrogen (secondary N) is 1. The van der Waals surface area contributed by atoms with Crippen molar-refractivity contribution in [1.29, 1.82) is 0 Å². The minimum absolute atomic E-state index is 0.0419. The molecule has 1 N–H and O–H groups in total. The number of benzene rings is 3. The van der Waals surface area contributed by atoms with Crippen LogP contribution in [-0.4, -0.2) is 49.9 Å². The maximum atomic E-state index is 13.8. The highest BCUT2D eigenvalue weighted by atomic mass is 19.2. The first kappa shape index (κ1) is 28.5. The number of hydrogen-bond acceptors (Lipinski definition) is 5. The van der Waals surface area contributed by atoms with Gasteiger partial charge in [0.05, 0.1) is 20.3 Å². The van der Waals surface area contributed by atoms with E-state index < -0.39 is 29.3 Å². The van der Waals surface area contributed by atoms with Crippen LogP contribution in [0.1, 0.15) is 36.0 Å². The molecule has 0 saturated heterocycles. The number of amides is 1. The normalized spacial score (nSPS) is 16.6. The van der Waals surface area contributed by atoms with Gasteiger partial charge in [0.2, 0.25) is 5.82 Å².